The molecule has 2 N–H and O–H groups in total. The fourth-order valence-corrected chi connectivity index (χ4v) is 4.34. The van der Waals surface area contributed by atoms with Gasteiger partial charge in [-0.3, -0.25) is 4.79 Å². The fraction of sp³-hybridized carbons (Fsp3) is 0.353. The van der Waals surface area contributed by atoms with Crippen molar-refractivity contribution in [3.05, 3.63) is 50.6 Å². The monoisotopic (exact) mass is 379 g/mol. The lowest BCUT2D eigenvalue weighted by molar-refractivity contribution is -0.910. The third-order valence-electron chi connectivity index (χ3n) is 4.21. The number of thiophene rings is 1. The Kier molecular flexibility index (Phi) is 4.96. The summed E-state index contributed by atoms with van der Waals surface area (Å²) in [5, 5.41) is 5.14. The molecule has 1 saturated heterocycles. The zero-order chi connectivity index (χ0) is 15.5. The van der Waals surface area contributed by atoms with Gasteiger partial charge < -0.3 is 10.2 Å². The zero-order valence-corrected chi connectivity index (χ0v) is 15.0. The quantitative estimate of drug-likeness (QED) is 0.840. The predicted octanol–water partition coefficient (Wildman–Crippen LogP) is 3.18. The number of carbonyl (C=O) groups is 1. The molecule has 2 atom stereocenters. The van der Waals surface area contributed by atoms with Crippen molar-refractivity contribution >= 4 is 38.9 Å². The second kappa shape index (κ2) is 6.94. The van der Waals surface area contributed by atoms with Crippen LogP contribution in [-0.4, -0.2) is 19.0 Å². The van der Waals surface area contributed by atoms with Gasteiger partial charge in [-0.2, -0.15) is 0 Å². The molecule has 1 aromatic heterocycles. The van der Waals surface area contributed by atoms with Crippen LogP contribution in [0.25, 0.3) is 0 Å². The molecular weight excluding hydrogens is 360 g/mol. The van der Waals surface area contributed by atoms with Gasteiger partial charge in [0.15, 0.2) is 6.54 Å². The van der Waals surface area contributed by atoms with E-state index in [4.69, 9.17) is 0 Å². The largest absolute Gasteiger partial charge is 0.321 e. The maximum absolute atomic E-state index is 12.3. The average Bonchev–Trinajstić information content (AvgIpc) is 3.13. The lowest BCUT2D eigenvalue weighted by atomic mass is 10.2. The third-order valence-corrected chi connectivity index (χ3v) is 6.05. The summed E-state index contributed by atoms with van der Waals surface area (Å²) in [6.45, 7) is 3.65. The molecule has 1 aliphatic heterocycles. The molecule has 0 spiro atoms. The number of amides is 1. The molecule has 0 saturated carbocycles. The number of benzene rings is 1. The Morgan fingerprint density at radius 1 is 1.45 bits per heavy atom. The van der Waals surface area contributed by atoms with Gasteiger partial charge >= 0.3 is 0 Å². The zero-order valence-electron chi connectivity index (χ0n) is 12.6. The number of quaternary nitrogens is 1. The molecule has 1 amide bonds. The number of aryl methyl sites for hydroxylation is 1. The van der Waals surface area contributed by atoms with E-state index in [2.05, 4.69) is 38.8 Å². The van der Waals surface area contributed by atoms with E-state index in [1.807, 2.05) is 25.1 Å². The maximum Gasteiger partial charge on any atom is 0.279 e. The molecule has 1 fully saturated rings. The third kappa shape index (κ3) is 3.59. The van der Waals surface area contributed by atoms with Gasteiger partial charge in [0.25, 0.3) is 5.91 Å². The van der Waals surface area contributed by atoms with Crippen molar-refractivity contribution in [2.24, 2.45) is 0 Å². The first-order chi connectivity index (χ1) is 10.6. The summed E-state index contributed by atoms with van der Waals surface area (Å²) in [5.41, 5.74) is 2.02. The summed E-state index contributed by atoms with van der Waals surface area (Å²) in [5.74, 6) is 0.0919. The molecule has 3 rings (SSSR count). The van der Waals surface area contributed by atoms with E-state index in [0.29, 0.717) is 12.6 Å². The summed E-state index contributed by atoms with van der Waals surface area (Å²) in [6.07, 6.45) is 2.38. The van der Waals surface area contributed by atoms with E-state index in [-0.39, 0.29) is 5.91 Å². The number of anilines is 1. The van der Waals surface area contributed by atoms with Crippen LogP contribution < -0.4 is 10.2 Å². The van der Waals surface area contributed by atoms with Crippen molar-refractivity contribution < 1.29 is 9.69 Å². The molecule has 1 unspecified atom stereocenters. The van der Waals surface area contributed by atoms with Gasteiger partial charge in [-0.25, -0.2) is 0 Å². The molecule has 2 aromatic rings. The normalized spacial score (nSPS) is 21.0. The number of hydrogen-bond donors (Lipinski definition) is 2. The maximum atomic E-state index is 12.3. The highest BCUT2D eigenvalue weighted by Gasteiger charge is 2.32. The minimum atomic E-state index is 0.0919. The average molecular weight is 380 g/mol. The smallest absolute Gasteiger partial charge is 0.279 e. The van der Waals surface area contributed by atoms with Crippen LogP contribution >= 0.6 is 27.3 Å². The number of nitrogens with one attached hydrogen (secondary N) is 2. The van der Waals surface area contributed by atoms with Gasteiger partial charge in [-0.05, 0) is 36.1 Å². The Morgan fingerprint density at radius 3 is 3.05 bits per heavy atom. The molecule has 0 bridgehead atoms. The molecule has 0 radical (unpaired) electrons. The van der Waals surface area contributed by atoms with E-state index in [1.165, 1.54) is 28.2 Å². The van der Waals surface area contributed by atoms with Crippen LogP contribution in [0.2, 0.25) is 0 Å². The minimum Gasteiger partial charge on any atom is -0.321 e. The van der Waals surface area contributed by atoms with Crippen molar-refractivity contribution in [2.45, 2.75) is 25.8 Å². The highest BCUT2D eigenvalue weighted by atomic mass is 79.9. The van der Waals surface area contributed by atoms with Gasteiger partial charge in [0.05, 0.1) is 11.4 Å². The summed E-state index contributed by atoms with van der Waals surface area (Å²) in [6, 6.07) is 10.7. The highest BCUT2D eigenvalue weighted by Crippen LogP contribution is 2.23. The van der Waals surface area contributed by atoms with Crippen molar-refractivity contribution in [1.82, 2.24) is 0 Å². The molecule has 22 heavy (non-hydrogen) atoms. The number of likely N-dealkylation sites (tertiary alicyclic amines) is 1. The van der Waals surface area contributed by atoms with Gasteiger partial charge in [-0.1, -0.05) is 28.1 Å². The first-order valence-corrected chi connectivity index (χ1v) is 9.25. The number of carbonyl (C=O) groups excluding carboxylic acids is 1. The molecule has 2 heterocycles. The number of halogens is 1. The van der Waals surface area contributed by atoms with Crippen LogP contribution in [0.15, 0.2) is 40.2 Å². The van der Waals surface area contributed by atoms with E-state index >= 15 is 0 Å². The topological polar surface area (TPSA) is 33.5 Å². The summed E-state index contributed by atoms with van der Waals surface area (Å²) >= 11 is 5.30. The Bertz CT molecular complexity index is 657. The van der Waals surface area contributed by atoms with Crippen LogP contribution in [0.4, 0.5) is 5.69 Å². The Balaban J connectivity index is 1.62. The van der Waals surface area contributed by atoms with Crippen molar-refractivity contribution in [1.29, 1.82) is 0 Å². The first-order valence-electron chi connectivity index (χ1n) is 7.57. The van der Waals surface area contributed by atoms with Crippen LogP contribution in [0.5, 0.6) is 0 Å². The van der Waals surface area contributed by atoms with E-state index in [1.54, 1.807) is 11.3 Å². The second-order valence-electron chi connectivity index (χ2n) is 5.81. The fourth-order valence-electron chi connectivity index (χ4n) is 3.04. The van der Waals surface area contributed by atoms with Crippen molar-refractivity contribution in [3.63, 3.8) is 0 Å². The molecule has 1 aliphatic rings. The Labute approximate surface area is 143 Å². The van der Waals surface area contributed by atoms with E-state index < -0.39 is 0 Å². The molecule has 3 nitrogen and oxygen atoms in total. The van der Waals surface area contributed by atoms with Crippen molar-refractivity contribution in [3.8, 4) is 0 Å². The Hall–Kier alpha value is -1.17. The van der Waals surface area contributed by atoms with Crippen LogP contribution in [0.1, 0.15) is 29.3 Å². The molecule has 1 aromatic carbocycles. The van der Waals surface area contributed by atoms with Crippen molar-refractivity contribution in [2.75, 3.05) is 18.4 Å². The molecule has 0 aliphatic carbocycles. The number of rotatable bonds is 4. The van der Waals surface area contributed by atoms with E-state index in [0.717, 1.165) is 16.7 Å². The second-order valence-corrected chi connectivity index (χ2v) is 7.64. The van der Waals surface area contributed by atoms with Crippen LogP contribution in [-0.2, 0) is 4.79 Å². The molecule has 116 valence electrons. The van der Waals surface area contributed by atoms with Crippen LogP contribution in [0, 0.1) is 6.92 Å². The lowest BCUT2D eigenvalue weighted by Crippen LogP contribution is -3.11. The highest BCUT2D eigenvalue weighted by molar-refractivity contribution is 9.10. The Morgan fingerprint density at radius 2 is 2.32 bits per heavy atom. The van der Waals surface area contributed by atoms with Gasteiger partial charge in [-0.15, -0.1) is 11.3 Å². The van der Waals surface area contributed by atoms with Gasteiger partial charge in [0, 0.05) is 23.0 Å². The van der Waals surface area contributed by atoms with Gasteiger partial charge in [0.2, 0.25) is 0 Å². The summed E-state index contributed by atoms with van der Waals surface area (Å²) in [7, 11) is 0. The molecule has 5 heteroatoms. The first kappa shape index (κ1) is 15.7. The number of hydrogen-bond acceptors (Lipinski definition) is 2. The van der Waals surface area contributed by atoms with E-state index in [9.17, 15) is 4.79 Å². The lowest BCUT2D eigenvalue weighted by Gasteiger charge is -2.20. The minimum absolute atomic E-state index is 0.0919. The predicted molar refractivity (Wildman–Crippen MR) is 94.5 cm³/mol. The summed E-state index contributed by atoms with van der Waals surface area (Å²) in [4.78, 5) is 15.1. The standard InChI is InChI=1S/C17H19BrN2OS/c1-12-6-7-13(10-14(12)18)19-17(21)11-20-8-2-4-15(20)16-5-3-9-22-16/h3,5-7,9-10,15H,2,4,8,11H2,1H3,(H,19,21)/p+1/t15-/m0/s1. The SMILES string of the molecule is Cc1ccc(NC(=O)C[NH+]2CCC[C@H]2c2cccs2)cc1Br. The summed E-state index contributed by atoms with van der Waals surface area (Å²) < 4.78 is 1.02. The van der Waals surface area contributed by atoms with Crippen LogP contribution in [0.3, 0.4) is 0 Å². The molecular formula is C17H20BrN2OS+. The van der Waals surface area contributed by atoms with Gasteiger partial charge in [0.1, 0.15) is 6.04 Å².